The number of rotatable bonds is 4. The fourth-order valence-electron chi connectivity index (χ4n) is 1.88. The second kappa shape index (κ2) is 4.34. The largest absolute Gasteiger partial charge is 0.310 e. The zero-order valence-electron chi connectivity index (χ0n) is 10.1. The number of hydrogen-bond donors (Lipinski definition) is 1. The second-order valence-electron chi connectivity index (χ2n) is 4.72. The predicted octanol–water partition coefficient (Wildman–Crippen LogP) is 2.43. The third-order valence-corrected chi connectivity index (χ3v) is 3.10. The molecule has 3 nitrogen and oxygen atoms in total. The Balaban J connectivity index is 1.70. The van der Waals surface area contributed by atoms with Gasteiger partial charge < -0.3 is 5.32 Å². The van der Waals surface area contributed by atoms with Crippen molar-refractivity contribution in [3.63, 3.8) is 0 Å². The lowest BCUT2D eigenvalue weighted by Crippen LogP contribution is -2.15. The summed E-state index contributed by atoms with van der Waals surface area (Å²) in [6, 6.07) is 11.4. The molecule has 1 aliphatic rings. The van der Waals surface area contributed by atoms with Gasteiger partial charge in [-0.25, -0.2) is 4.68 Å². The van der Waals surface area contributed by atoms with Crippen molar-refractivity contribution in [1.82, 2.24) is 15.1 Å². The summed E-state index contributed by atoms with van der Waals surface area (Å²) in [5.74, 6) is 0. The minimum Gasteiger partial charge on any atom is -0.310 e. The van der Waals surface area contributed by atoms with Gasteiger partial charge in [0.2, 0.25) is 0 Å². The molecule has 1 fully saturated rings. The molecule has 88 valence electrons. The van der Waals surface area contributed by atoms with Crippen LogP contribution in [0.3, 0.4) is 0 Å². The zero-order valence-corrected chi connectivity index (χ0v) is 10.1. The average molecular weight is 227 g/mol. The monoisotopic (exact) mass is 227 g/mol. The first-order chi connectivity index (χ1) is 8.31. The molecule has 0 spiro atoms. The van der Waals surface area contributed by atoms with Gasteiger partial charge in [-0.3, -0.25) is 0 Å². The first-order valence-corrected chi connectivity index (χ1v) is 6.16. The van der Waals surface area contributed by atoms with E-state index >= 15 is 0 Å². The van der Waals surface area contributed by atoms with Crippen molar-refractivity contribution >= 4 is 0 Å². The summed E-state index contributed by atoms with van der Waals surface area (Å²) < 4.78 is 1.91. The van der Waals surface area contributed by atoms with Crippen molar-refractivity contribution in [2.24, 2.45) is 0 Å². The first kappa shape index (κ1) is 10.5. The smallest absolute Gasteiger partial charge is 0.0645 e. The lowest BCUT2D eigenvalue weighted by molar-refractivity contribution is 0.687. The van der Waals surface area contributed by atoms with E-state index in [-0.39, 0.29) is 0 Å². The van der Waals surface area contributed by atoms with Crippen molar-refractivity contribution in [2.75, 3.05) is 0 Å². The van der Waals surface area contributed by atoms with Crippen molar-refractivity contribution in [2.45, 2.75) is 32.4 Å². The summed E-state index contributed by atoms with van der Waals surface area (Å²) in [5.41, 5.74) is 3.50. The third kappa shape index (κ3) is 2.56. The highest BCUT2D eigenvalue weighted by Crippen LogP contribution is 2.19. The Morgan fingerprint density at radius 3 is 2.59 bits per heavy atom. The van der Waals surface area contributed by atoms with E-state index in [0.717, 1.165) is 24.0 Å². The van der Waals surface area contributed by atoms with Crippen molar-refractivity contribution in [3.05, 3.63) is 47.8 Å². The van der Waals surface area contributed by atoms with E-state index in [2.05, 4.69) is 34.7 Å². The van der Waals surface area contributed by atoms with E-state index < -0.39 is 0 Å². The number of nitrogens with one attached hydrogen (secondary N) is 1. The number of aryl methyl sites for hydroxylation is 1. The Morgan fingerprint density at radius 1 is 1.24 bits per heavy atom. The summed E-state index contributed by atoms with van der Waals surface area (Å²) in [7, 11) is 0. The summed E-state index contributed by atoms with van der Waals surface area (Å²) in [4.78, 5) is 0. The Bertz CT molecular complexity index is 494. The van der Waals surface area contributed by atoms with Crippen molar-refractivity contribution in [3.8, 4) is 5.69 Å². The minimum atomic E-state index is 0.767. The Labute approximate surface area is 101 Å². The molecular weight excluding hydrogens is 210 g/mol. The third-order valence-electron chi connectivity index (χ3n) is 3.10. The van der Waals surface area contributed by atoms with Crippen molar-refractivity contribution in [1.29, 1.82) is 0 Å². The van der Waals surface area contributed by atoms with Gasteiger partial charge in [-0.2, -0.15) is 5.10 Å². The molecule has 2 aromatic rings. The Hall–Kier alpha value is -1.61. The van der Waals surface area contributed by atoms with Crippen LogP contribution in [0.25, 0.3) is 5.69 Å². The molecule has 1 heterocycles. The van der Waals surface area contributed by atoms with Gasteiger partial charge in [-0.1, -0.05) is 12.1 Å². The van der Waals surface area contributed by atoms with Gasteiger partial charge in [-0.15, -0.1) is 0 Å². The SMILES string of the molecule is Cc1ccn(-c2ccc(CNC3CC3)cc2)n1. The molecule has 0 amide bonds. The molecule has 0 aliphatic heterocycles. The second-order valence-corrected chi connectivity index (χ2v) is 4.72. The molecule has 1 N–H and O–H groups in total. The van der Waals surface area contributed by atoms with Crippen LogP contribution in [0.15, 0.2) is 36.5 Å². The molecule has 1 aliphatic carbocycles. The van der Waals surface area contributed by atoms with E-state index in [1.54, 1.807) is 0 Å². The molecule has 0 unspecified atom stereocenters. The van der Waals surface area contributed by atoms with Gasteiger partial charge in [0.1, 0.15) is 0 Å². The highest BCUT2D eigenvalue weighted by molar-refractivity contribution is 5.34. The van der Waals surface area contributed by atoms with Crippen LogP contribution < -0.4 is 5.32 Å². The van der Waals surface area contributed by atoms with E-state index in [4.69, 9.17) is 0 Å². The van der Waals surface area contributed by atoms with Gasteiger partial charge in [0.25, 0.3) is 0 Å². The van der Waals surface area contributed by atoms with E-state index in [9.17, 15) is 0 Å². The molecule has 0 saturated heterocycles. The first-order valence-electron chi connectivity index (χ1n) is 6.16. The van der Waals surface area contributed by atoms with Gasteiger partial charge in [0, 0.05) is 18.8 Å². The fraction of sp³-hybridized carbons (Fsp3) is 0.357. The summed E-state index contributed by atoms with van der Waals surface area (Å²) in [5, 5.41) is 7.91. The zero-order chi connectivity index (χ0) is 11.7. The van der Waals surface area contributed by atoms with Crippen LogP contribution in [-0.4, -0.2) is 15.8 Å². The molecule has 1 aromatic carbocycles. The molecule has 1 saturated carbocycles. The lowest BCUT2D eigenvalue weighted by Gasteiger charge is -2.05. The maximum Gasteiger partial charge on any atom is 0.0645 e. The molecule has 0 bridgehead atoms. The number of aromatic nitrogens is 2. The van der Waals surface area contributed by atoms with Gasteiger partial charge in [-0.05, 0) is 43.5 Å². The summed E-state index contributed by atoms with van der Waals surface area (Å²) >= 11 is 0. The fourth-order valence-corrected chi connectivity index (χ4v) is 1.88. The van der Waals surface area contributed by atoms with Crippen LogP contribution in [0.2, 0.25) is 0 Å². The number of hydrogen-bond acceptors (Lipinski definition) is 2. The van der Waals surface area contributed by atoms with E-state index in [1.165, 1.54) is 18.4 Å². The average Bonchev–Trinajstić information content (AvgIpc) is 3.09. The van der Waals surface area contributed by atoms with Crippen LogP contribution >= 0.6 is 0 Å². The van der Waals surface area contributed by atoms with Crippen LogP contribution in [0.1, 0.15) is 24.1 Å². The van der Waals surface area contributed by atoms with Crippen LogP contribution in [0.5, 0.6) is 0 Å². The van der Waals surface area contributed by atoms with Gasteiger partial charge >= 0.3 is 0 Å². The lowest BCUT2D eigenvalue weighted by atomic mass is 10.2. The maximum absolute atomic E-state index is 4.40. The minimum absolute atomic E-state index is 0.767. The molecule has 0 atom stereocenters. The van der Waals surface area contributed by atoms with Crippen molar-refractivity contribution < 1.29 is 0 Å². The molecular formula is C14H17N3. The topological polar surface area (TPSA) is 29.9 Å². The number of nitrogens with zero attached hydrogens (tertiary/aromatic N) is 2. The molecule has 3 heteroatoms. The Kier molecular flexibility index (Phi) is 2.69. The van der Waals surface area contributed by atoms with Crippen LogP contribution in [0, 0.1) is 6.92 Å². The summed E-state index contributed by atoms with van der Waals surface area (Å²) in [6.45, 7) is 2.98. The highest BCUT2D eigenvalue weighted by atomic mass is 15.3. The molecule has 1 aromatic heterocycles. The Morgan fingerprint density at radius 2 is 2.00 bits per heavy atom. The molecule has 0 radical (unpaired) electrons. The van der Waals surface area contributed by atoms with E-state index in [0.29, 0.717) is 0 Å². The molecule has 17 heavy (non-hydrogen) atoms. The van der Waals surface area contributed by atoms with Crippen LogP contribution in [0.4, 0.5) is 0 Å². The van der Waals surface area contributed by atoms with E-state index in [1.807, 2.05) is 23.9 Å². The quantitative estimate of drug-likeness (QED) is 0.869. The number of benzene rings is 1. The van der Waals surface area contributed by atoms with Crippen LogP contribution in [-0.2, 0) is 6.54 Å². The maximum atomic E-state index is 4.40. The van der Waals surface area contributed by atoms with Gasteiger partial charge in [0.05, 0.1) is 11.4 Å². The predicted molar refractivity (Wildman–Crippen MR) is 68.2 cm³/mol. The standard InChI is InChI=1S/C14H17N3/c1-11-8-9-17(16-11)14-6-2-12(3-7-14)10-15-13-4-5-13/h2-3,6-9,13,15H,4-5,10H2,1H3. The highest BCUT2D eigenvalue weighted by Gasteiger charge is 2.19. The van der Waals surface area contributed by atoms with Gasteiger partial charge in [0.15, 0.2) is 0 Å². The molecule has 3 rings (SSSR count). The summed E-state index contributed by atoms with van der Waals surface area (Å²) in [6.07, 6.45) is 4.67. The normalized spacial score (nSPS) is 15.1.